The molecule has 0 saturated carbocycles. The summed E-state index contributed by atoms with van der Waals surface area (Å²) in [5, 5.41) is 0. The first-order valence-electron chi connectivity index (χ1n) is 14.5. The lowest BCUT2D eigenvalue weighted by Crippen LogP contribution is -2.39. The average Bonchev–Trinajstić information content (AvgIpc) is 3.16. The minimum absolute atomic E-state index is 0.645. The lowest BCUT2D eigenvalue weighted by Gasteiger charge is -2.33. The van der Waals surface area contributed by atoms with E-state index >= 15 is 0 Å². The van der Waals surface area contributed by atoms with Gasteiger partial charge in [0.25, 0.3) is 0 Å². The Bertz CT molecular complexity index is 392. The van der Waals surface area contributed by atoms with Gasteiger partial charge in [-0.2, -0.15) is 0 Å². The van der Waals surface area contributed by atoms with Crippen LogP contribution in [-0.2, 0) is 0 Å². The molecule has 0 saturated heterocycles. The Labute approximate surface area is 197 Å². The van der Waals surface area contributed by atoms with Crippen molar-refractivity contribution < 1.29 is 0 Å². The summed E-state index contributed by atoms with van der Waals surface area (Å²) in [5.41, 5.74) is 0. The third kappa shape index (κ3) is 14.9. The average molecular weight is 435 g/mol. The maximum absolute atomic E-state index is 2.67. The molecule has 1 rings (SSSR count). The summed E-state index contributed by atoms with van der Waals surface area (Å²) >= 11 is 0. The normalized spacial score (nSPS) is 16.0. The maximum atomic E-state index is 2.67. The van der Waals surface area contributed by atoms with E-state index in [-0.39, 0.29) is 0 Å². The molecule has 0 aromatic heterocycles. The van der Waals surface area contributed by atoms with Crippen LogP contribution in [0.5, 0.6) is 0 Å². The van der Waals surface area contributed by atoms with Crippen molar-refractivity contribution in [2.75, 3.05) is 13.1 Å². The second-order valence-electron chi connectivity index (χ2n) is 10.1. The minimum Gasteiger partial charge on any atom is -0.356 e. The Morgan fingerprint density at radius 2 is 0.742 bits per heavy atom. The molecule has 0 radical (unpaired) electrons. The smallest absolute Gasteiger partial charge is 0.101 e. The van der Waals surface area contributed by atoms with Crippen LogP contribution in [0.3, 0.4) is 0 Å². The van der Waals surface area contributed by atoms with Gasteiger partial charge in [-0.25, -0.2) is 0 Å². The zero-order valence-corrected chi connectivity index (χ0v) is 21.9. The van der Waals surface area contributed by atoms with E-state index in [0.29, 0.717) is 6.17 Å². The van der Waals surface area contributed by atoms with Gasteiger partial charge in [0.1, 0.15) is 6.17 Å². The van der Waals surface area contributed by atoms with Gasteiger partial charge in [0.2, 0.25) is 0 Å². The van der Waals surface area contributed by atoms with E-state index in [1.54, 1.807) is 0 Å². The molecule has 2 heteroatoms. The summed E-state index contributed by atoms with van der Waals surface area (Å²) in [7, 11) is 0. The van der Waals surface area contributed by atoms with Crippen molar-refractivity contribution in [2.24, 2.45) is 0 Å². The van der Waals surface area contributed by atoms with E-state index in [0.717, 1.165) is 0 Å². The number of nitrogens with zero attached hydrogens (tertiary/aromatic N) is 2. The van der Waals surface area contributed by atoms with Gasteiger partial charge in [0.05, 0.1) is 0 Å². The van der Waals surface area contributed by atoms with Crippen LogP contribution in [0.4, 0.5) is 0 Å². The van der Waals surface area contributed by atoms with Gasteiger partial charge >= 0.3 is 0 Å². The third-order valence-electron chi connectivity index (χ3n) is 7.07. The molecule has 0 N–H and O–H groups in total. The Kier molecular flexibility index (Phi) is 19.4. The van der Waals surface area contributed by atoms with Gasteiger partial charge in [0, 0.05) is 25.5 Å². The highest BCUT2D eigenvalue weighted by molar-refractivity contribution is 4.96. The standard InChI is InChI=1S/C29H58N2/c1-4-7-10-12-14-15-16-18-20-23-26-31-28-27-30(25-22-9-6-3)29(31)24-21-19-17-13-11-8-5-2/h27-29H,4-26H2,1-3H3. The molecule has 0 fully saturated rings. The zero-order valence-electron chi connectivity index (χ0n) is 21.9. The van der Waals surface area contributed by atoms with Crippen LogP contribution < -0.4 is 0 Å². The fourth-order valence-electron chi connectivity index (χ4n) is 4.95. The van der Waals surface area contributed by atoms with Gasteiger partial charge in [-0.1, -0.05) is 130 Å². The van der Waals surface area contributed by atoms with Crippen LogP contribution in [0.2, 0.25) is 0 Å². The van der Waals surface area contributed by atoms with Crippen molar-refractivity contribution >= 4 is 0 Å². The van der Waals surface area contributed by atoms with E-state index < -0.39 is 0 Å². The molecule has 1 atom stereocenters. The van der Waals surface area contributed by atoms with Gasteiger partial charge in [0.15, 0.2) is 0 Å². The first-order valence-corrected chi connectivity index (χ1v) is 14.5. The Balaban J connectivity index is 2.20. The number of hydrogen-bond acceptors (Lipinski definition) is 2. The highest BCUT2D eigenvalue weighted by Crippen LogP contribution is 2.23. The molecule has 2 nitrogen and oxygen atoms in total. The van der Waals surface area contributed by atoms with Crippen LogP contribution in [0.25, 0.3) is 0 Å². The Morgan fingerprint density at radius 1 is 0.419 bits per heavy atom. The first kappa shape index (κ1) is 28.4. The predicted octanol–water partition coefficient (Wildman–Crippen LogP) is 9.65. The van der Waals surface area contributed by atoms with Crippen molar-refractivity contribution in [3.05, 3.63) is 12.4 Å². The van der Waals surface area contributed by atoms with Crippen LogP contribution in [0.15, 0.2) is 12.4 Å². The molecule has 1 heterocycles. The second kappa shape index (κ2) is 21.2. The summed E-state index contributed by atoms with van der Waals surface area (Å²) in [5.74, 6) is 0. The molecular formula is C29H58N2. The molecule has 1 unspecified atom stereocenters. The summed E-state index contributed by atoms with van der Waals surface area (Å²) in [6.07, 6.45) is 35.1. The van der Waals surface area contributed by atoms with Gasteiger partial charge in [-0.15, -0.1) is 0 Å². The van der Waals surface area contributed by atoms with E-state index in [2.05, 4.69) is 43.0 Å². The Hall–Kier alpha value is -0.660. The maximum Gasteiger partial charge on any atom is 0.101 e. The molecule has 184 valence electrons. The zero-order chi connectivity index (χ0) is 22.4. The van der Waals surface area contributed by atoms with Crippen molar-refractivity contribution in [1.29, 1.82) is 0 Å². The molecule has 0 aromatic carbocycles. The number of hydrogen-bond donors (Lipinski definition) is 0. The molecule has 0 aromatic rings. The Morgan fingerprint density at radius 3 is 1.19 bits per heavy atom. The monoisotopic (exact) mass is 434 g/mol. The van der Waals surface area contributed by atoms with Gasteiger partial charge < -0.3 is 9.80 Å². The van der Waals surface area contributed by atoms with Crippen LogP contribution >= 0.6 is 0 Å². The highest BCUT2D eigenvalue weighted by Gasteiger charge is 2.24. The molecule has 0 amide bonds. The molecular weight excluding hydrogens is 376 g/mol. The van der Waals surface area contributed by atoms with Crippen molar-refractivity contribution in [3.63, 3.8) is 0 Å². The molecule has 31 heavy (non-hydrogen) atoms. The van der Waals surface area contributed by atoms with Crippen molar-refractivity contribution in [3.8, 4) is 0 Å². The van der Waals surface area contributed by atoms with Crippen molar-refractivity contribution in [1.82, 2.24) is 9.80 Å². The molecule has 0 spiro atoms. The molecule has 0 bridgehead atoms. The molecule has 0 aliphatic carbocycles. The molecule has 1 aliphatic rings. The number of unbranched alkanes of at least 4 members (excludes halogenated alkanes) is 17. The predicted molar refractivity (Wildman–Crippen MR) is 140 cm³/mol. The van der Waals surface area contributed by atoms with Crippen molar-refractivity contribution in [2.45, 2.75) is 162 Å². The van der Waals surface area contributed by atoms with E-state index in [9.17, 15) is 0 Å². The quantitative estimate of drug-likeness (QED) is 0.148. The third-order valence-corrected chi connectivity index (χ3v) is 7.07. The summed E-state index contributed by atoms with van der Waals surface area (Å²) in [4.78, 5) is 5.33. The first-order chi connectivity index (χ1) is 15.3. The largest absolute Gasteiger partial charge is 0.356 e. The fraction of sp³-hybridized carbons (Fsp3) is 0.931. The van der Waals surface area contributed by atoms with E-state index in [4.69, 9.17) is 0 Å². The van der Waals surface area contributed by atoms with Crippen LogP contribution in [0.1, 0.15) is 156 Å². The summed E-state index contributed by atoms with van der Waals surface area (Å²) < 4.78 is 0. The van der Waals surface area contributed by atoms with Crippen LogP contribution in [-0.4, -0.2) is 29.1 Å². The number of rotatable bonds is 23. The van der Waals surface area contributed by atoms with Gasteiger partial charge in [-0.3, -0.25) is 0 Å². The fourth-order valence-corrected chi connectivity index (χ4v) is 4.95. The molecule has 1 aliphatic heterocycles. The highest BCUT2D eigenvalue weighted by atomic mass is 15.4. The van der Waals surface area contributed by atoms with E-state index in [1.807, 2.05) is 0 Å². The topological polar surface area (TPSA) is 6.48 Å². The second-order valence-corrected chi connectivity index (χ2v) is 10.1. The van der Waals surface area contributed by atoms with Gasteiger partial charge in [-0.05, 0) is 25.7 Å². The van der Waals surface area contributed by atoms with Crippen LogP contribution in [0, 0.1) is 0 Å². The lowest BCUT2D eigenvalue weighted by atomic mass is 10.1. The lowest BCUT2D eigenvalue weighted by molar-refractivity contribution is 0.135. The SMILES string of the molecule is CCCCCCCCCCCCN1C=CN(CCCCC)C1CCCCCCCCC. The van der Waals surface area contributed by atoms with E-state index in [1.165, 1.54) is 148 Å². The summed E-state index contributed by atoms with van der Waals surface area (Å²) in [6, 6.07) is 0. The summed E-state index contributed by atoms with van der Waals surface area (Å²) in [6.45, 7) is 9.44. The minimum atomic E-state index is 0.645.